The first-order chi connectivity index (χ1) is 13.0. The molecule has 0 saturated carbocycles. The van der Waals surface area contributed by atoms with Gasteiger partial charge in [0.25, 0.3) is 0 Å². The van der Waals surface area contributed by atoms with E-state index < -0.39 is 5.97 Å². The smallest absolute Gasteiger partial charge is 0.336 e. The van der Waals surface area contributed by atoms with Crippen molar-refractivity contribution in [3.8, 4) is 23.0 Å². The van der Waals surface area contributed by atoms with E-state index >= 15 is 0 Å². The molecule has 0 aliphatic heterocycles. The van der Waals surface area contributed by atoms with Gasteiger partial charge in [0.1, 0.15) is 0 Å². The Labute approximate surface area is 158 Å². The summed E-state index contributed by atoms with van der Waals surface area (Å²) in [5, 5.41) is 9.71. The lowest BCUT2D eigenvalue weighted by molar-refractivity contribution is -0.130. The number of benzene rings is 2. The van der Waals surface area contributed by atoms with Crippen LogP contribution in [0.4, 0.5) is 0 Å². The average molecular weight is 372 g/mol. The summed E-state index contributed by atoms with van der Waals surface area (Å²) in [5.41, 5.74) is 1.33. The van der Waals surface area contributed by atoms with Gasteiger partial charge in [0.05, 0.1) is 33.0 Å². The number of hydrogen-bond acceptors (Lipinski definition) is 5. The molecule has 0 aliphatic carbocycles. The quantitative estimate of drug-likeness (QED) is 0.527. The Morgan fingerprint density at radius 3 is 2.11 bits per heavy atom. The van der Waals surface area contributed by atoms with Crippen molar-refractivity contribution in [2.24, 2.45) is 0 Å². The fourth-order valence-electron chi connectivity index (χ4n) is 2.60. The van der Waals surface area contributed by atoms with Crippen LogP contribution in [-0.2, 0) is 4.79 Å². The zero-order valence-electron chi connectivity index (χ0n) is 15.9. The molecule has 27 heavy (non-hydrogen) atoms. The molecular weight excluding hydrogens is 348 g/mol. The number of hydrogen-bond donors (Lipinski definition) is 1. The van der Waals surface area contributed by atoms with Crippen molar-refractivity contribution in [3.05, 3.63) is 47.5 Å². The third kappa shape index (κ3) is 4.94. The van der Waals surface area contributed by atoms with E-state index in [0.717, 1.165) is 0 Å². The molecule has 2 aromatic carbocycles. The maximum Gasteiger partial charge on any atom is 0.336 e. The lowest BCUT2D eigenvalue weighted by Gasteiger charge is -2.13. The summed E-state index contributed by atoms with van der Waals surface area (Å²) < 4.78 is 21.6. The van der Waals surface area contributed by atoms with Crippen molar-refractivity contribution in [1.29, 1.82) is 0 Å². The molecular formula is C21H24O6. The van der Waals surface area contributed by atoms with Crippen LogP contribution < -0.4 is 18.9 Å². The van der Waals surface area contributed by atoms with Crippen LogP contribution >= 0.6 is 0 Å². The fraction of sp³-hybridized carbons (Fsp3) is 0.286. The number of aliphatic carboxylic acids is 1. The number of ether oxygens (including phenoxy) is 4. The maximum absolute atomic E-state index is 11.9. The van der Waals surface area contributed by atoms with Crippen molar-refractivity contribution in [3.63, 3.8) is 0 Å². The monoisotopic (exact) mass is 372 g/mol. The van der Waals surface area contributed by atoms with E-state index in [9.17, 15) is 9.90 Å². The van der Waals surface area contributed by atoms with E-state index in [1.165, 1.54) is 7.11 Å². The van der Waals surface area contributed by atoms with Gasteiger partial charge in [-0.25, -0.2) is 4.79 Å². The molecule has 0 aromatic heterocycles. The van der Waals surface area contributed by atoms with Crippen LogP contribution in [0.1, 0.15) is 25.0 Å². The van der Waals surface area contributed by atoms with Crippen molar-refractivity contribution in [2.45, 2.75) is 13.8 Å². The highest BCUT2D eigenvalue weighted by Crippen LogP contribution is 2.33. The molecule has 6 nitrogen and oxygen atoms in total. The number of rotatable bonds is 9. The number of carboxylic acids is 1. The van der Waals surface area contributed by atoms with Crippen molar-refractivity contribution in [2.75, 3.05) is 27.4 Å². The second kappa shape index (κ2) is 9.52. The molecule has 0 atom stereocenters. The average Bonchev–Trinajstić information content (AvgIpc) is 2.67. The summed E-state index contributed by atoms with van der Waals surface area (Å²) in [5.74, 6) is 1.15. The van der Waals surface area contributed by atoms with Crippen LogP contribution in [0.2, 0.25) is 0 Å². The molecule has 2 aromatic rings. The highest BCUT2D eigenvalue weighted by atomic mass is 16.5. The van der Waals surface area contributed by atoms with Gasteiger partial charge in [0.2, 0.25) is 0 Å². The minimum atomic E-state index is -1.05. The van der Waals surface area contributed by atoms with Crippen molar-refractivity contribution < 1.29 is 28.8 Å². The summed E-state index contributed by atoms with van der Waals surface area (Å²) in [6, 6.07) is 10.3. The highest BCUT2D eigenvalue weighted by molar-refractivity contribution is 6.20. The van der Waals surface area contributed by atoms with Crippen LogP contribution in [0, 0.1) is 0 Å². The molecule has 2 rings (SSSR count). The third-order valence-electron chi connectivity index (χ3n) is 3.80. The Morgan fingerprint density at radius 1 is 0.889 bits per heavy atom. The first-order valence-electron chi connectivity index (χ1n) is 8.61. The Hall–Kier alpha value is -3.15. The first-order valence-corrected chi connectivity index (χ1v) is 8.61. The minimum absolute atomic E-state index is 0.131. The lowest BCUT2D eigenvalue weighted by Crippen LogP contribution is -2.03. The SMILES string of the molecule is CCOc1ccc(C(=Cc2ccc(OC)c(OC)c2)C(=O)O)cc1OCC. The fourth-order valence-corrected chi connectivity index (χ4v) is 2.60. The topological polar surface area (TPSA) is 74.2 Å². The van der Waals surface area contributed by atoms with Gasteiger partial charge in [0, 0.05) is 0 Å². The van der Waals surface area contributed by atoms with Gasteiger partial charge in [-0.1, -0.05) is 12.1 Å². The highest BCUT2D eigenvalue weighted by Gasteiger charge is 2.15. The Kier molecular flexibility index (Phi) is 7.11. The lowest BCUT2D eigenvalue weighted by atomic mass is 10.0. The van der Waals surface area contributed by atoms with E-state index in [4.69, 9.17) is 18.9 Å². The van der Waals surface area contributed by atoms with Gasteiger partial charge in [-0.15, -0.1) is 0 Å². The van der Waals surface area contributed by atoms with E-state index in [1.54, 1.807) is 49.6 Å². The molecule has 0 aliphatic rings. The van der Waals surface area contributed by atoms with E-state index in [-0.39, 0.29) is 5.57 Å². The summed E-state index contributed by atoms with van der Waals surface area (Å²) in [6.45, 7) is 4.68. The summed E-state index contributed by atoms with van der Waals surface area (Å²) in [7, 11) is 3.08. The maximum atomic E-state index is 11.9. The zero-order chi connectivity index (χ0) is 19.8. The van der Waals surface area contributed by atoms with Gasteiger partial charge in [-0.2, -0.15) is 0 Å². The molecule has 144 valence electrons. The molecule has 0 radical (unpaired) electrons. The summed E-state index contributed by atoms with van der Waals surface area (Å²) in [4.78, 5) is 11.9. The van der Waals surface area contributed by atoms with Gasteiger partial charge in [-0.05, 0) is 55.3 Å². The molecule has 0 spiro atoms. The Balaban J connectivity index is 2.50. The molecule has 6 heteroatoms. The van der Waals surface area contributed by atoms with E-state index in [0.29, 0.717) is 47.3 Å². The normalized spacial score (nSPS) is 11.0. The van der Waals surface area contributed by atoms with Crippen LogP contribution in [0.3, 0.4) is 0 Å². The third-order valence-corrected chi connectivity index (χ3v) is 3.80. The van der Waals surface area contributed by atoms with Crippen LogP contribution in [0.15, 0.2) is 36.4 Å². The van der Waals surface area contributed by atoms with Gasteiger partial charge in [-0.3, -0.25) is 0 Å². The van der Waals surface area contributed by atoms with E-state index in [2.05, 4.69) is 0 Å². The Morgan fingerprint density at radius 2 is 1.52 bits per heavy atom. The molecule has 0 fully saturated rings. The summed E-state index contributed by atoms with van der Waals surface area (Å²) >= 11 is 0. The van der Waals surface area contributed by atoms with Gasteiger partial charge < -0.3 is 24.1 Å². The van der Waals surface area contributed by atoms with Crippen molar-refractivity contribution in [1.82, 2.24) is 0 Å². The van der Waals surface area contributed by atoms with Crippen LogP contribution in [0.5, 0.6) is 23.0 Å². The number of carboxylic acid groups (broad SMARTS) is 1. The van der Waals surface area contributed by atoms with Gasteiger partial charge >= 0.3 is 5.97 Å². The molecule has 0 bridgehead atoms. The first kappa shape index (κ1) is 20.2. The number of carbonyl (C=O) groups is 1. The standard InChI is InChI=1S/C21H24O6/c1-5-26-18-10-8-15(13-20(18)27-6-2)16(21(22)23)11-14-7-9-17(24-3)19(12-14)25-4/h7-13H,5-6H2,1-4H3,(H,22,23). The molecule has 0 amide bonds. The minimum Gasteiger partial charge on any atom is -0.493 e. The number of methoxy groups -OCH3 is 2. The zero-order valence-corrected chi connectivity index (χ0v) is 15.9. The second-order valence-electron chi connectivity index (χ2n) is 5.51. The molecule has 0 saturated heterocycles. The predicted molar refractivity (Wildman–Crippen MR) is 104 cm³/mol. The molecule has 1 N–H and O–H groups in total. The van der Waals surface area contributed by atoms with Crippen LogP contribution in [0.25, 0.3) is 11.6 Å². The predicted octanol–water partition coefficient (Wildman–Crippen LogP) is 4.13. The Bertz CT molecular complexity index is 825. The second-order valence-corrected chi connectivity index (χ2v) is 5.51. The van der Waals surface area contributed by atoms with Crippen LogP contribution in [-0.4, -0.2) is 38.5 Å². The largest absolute Gasteiger partial charge is 0.493 e. The van der Waals surface area contributed by atoms with Gasteiger partial charge in [0.15, 0.2) is 23.0 Å². The van der Waals surface area contributed by atoms with E-state index in [1.807, 2.05) is 13.8 Å². The summed E-state index contributed by atoms with van der Waals surface area (Å²) in [6.07, 6.45) is 1.58. The molecule has 0 unspecified atom stereocenters. The molecule has 0 heterocycles. The van der Waals surface area contributed by atoms with Crippen molar-refractivity contribution >= 4 is 17.6 Å².